The molecule has 0 saturated heterocycles. The lowest BCUT2D eigenvalue weighted by atomic mass is 9.85. The van der Waals surface area contributed by atoms with Crippen LogP contribution in [0, 0.1) is 16.0 Å². The zero-order valence-corrected chi connectivity index (χ0v) is 10.4. The van der Waals surface area contributed by atoms with E-state index in [2.05, 4.69) is 9.97 Å². The van der Waals surface area contributed by atoms with Crippen LogP contribution in [0.15, 0.2) is 6.20 Å². The molecule has 18 heavy (non-hydrogen) atoms. The van der Waals surface area contributed by atoms with Crippen molar-refractivity contribution in [3.05, 3.63) is 16.3 Å². The molecule has 0 radical (unpaired) electrons. The molecule has 0 amide bonds. The van der Waals surface area contributed by atoms with Crippen LogP contribution in [0.2, 0.25) is 0 Å². The van der Waals surface area contributed by atoms with Crippen molar-refractivity contribution in [1.29, 1.82) is 0 Å². The molecule has 0 aromatic carbocycles. The van der Waals surface area contributed by atoms with Crippen LogP contribution in [0.3, 0.4) is 0 Å². The summed E-state index contributed by atoms with van der Waals surface area (Å²) in [5.74, 6) is 1.02. The molecule has 1 aromatic heterocycles. The van der Waals surface area contributed by atoms with Crippen molar-refractivity contribution in [1.82, 2.24) is 9.97 Å². The lowest BCUT2D eigenvalue weighted by molar-refractivity contribution is -0.384. The average Bonchev–Trinajstić information content (AvgIpc) is 2.27. The Balaban J connectivity index is 2.26. The summed E-state index contributed by atoms with van der Waals surface area (Å²) in [6, 6.07) is 0. The van der Waals surface area contributed by atoms with Gasteiger partial charge in [-0.3, -0.25) is 10.1 Å². The minimum Gasteiger partial charge on any atom is -0.368 e. The van der Waals surface area contributed by atoms with E-state index in [0.717, 1.165) is 6.54 Å². The van der Waals surface area contributed by atoms with Crippen LogP contribution in [0.25, 0.3) is 0 Å². The van der Waals surface area contributed by atoms with Crippen LogP contribution in [0.4, 0.5) is 17.5 Å². The van der Waals surface area contributed by atoms with Crippen molar-refractivity contribution in [2.24, 2.45) is 5.92 Å². The van der Waals surface area contributed by atoms with Gasteiger partial charge in [-0.15, -0.1) is 0 Å². The Kier molecular flexibility index (Phi) is 3.59. The summed E-state index contributed by atoms with van der Waals surface area (Å²) in [6.45, 7) is 3.43. The Hall–Kier alpha value is -1.92. The summed E-state index contributed by atoms with van der Waals surface area (Å²) in [4.78, 5) is 20.2. The number of nitrogen functional groups attached to an aromatic ring is 1. The molecule has 1 aromatic rings. The largest absolute Gasteiger partial charge is 0.368 e. The van der Waals surface area contributed by atoms with E-state index < -0.39 is 4.92 Å². The molecule has 0 spiro atoms. The monoisotopic (exact) mass is 251 g/mol. The topological polar surface area (TPSA) is 98.2 Å². The van der Waals surface area contributed by atoms with Gasteiger partial charge in [0.2, 0.25) is 11.8 Å². The summed E-state index contributed by atoms with van der Waals surface area (Å²) < 4.78 is 0. The first-order chi connectivity index (χ1) is 8.61. The van der Waals surface area contributed by atoms with Gasteiger partial charge in [0.05, 0.1) is 4.92 Å². The van der Waals surface area contributed by atoms with E-state index in [9.17, 15) is 10.1 Å². The second-order valence-corrected chi connectivity index (χ2v) is 4.53. The summed E-state index contributed by atoms with van der Waals surface area (Å²) in [5.41, 5.74) is 5.45. The molecular weight excluding hydrogens is 234 g/mol. The Labute approximate surface area is 105 Å². The van der Waals surface area contributed by atoms with Crippen molar-refractivity contribution in [3.8, 4) is 0 Å². The van der Waals surface area contributed by atoms with Crippen molar-refractivity contribution in [3.63, 3.8) is 0 Å². The fourth-order valence-corrected chi connectivity index (χ4v) is 2.09. The minimum absolute atomic E-state index is 0.0719. The molecule has 2 rings (SSSR count). The van der Waals surface area contributed by atoms with E-state index in [1.54, 1.807) is 0 Å². The third kappa shape index (κ3) is 2.49. The number of nitrogens with two attached hydrogens (primary N) is 1. The van der Waals surface area contributed by atoms with E-state index in [0.29, 0.717) is 18.3 Å². The van der Waals surface area contributed by atoms with Crippen molar-refractivity contribution in [2.75, 3.05) is 23.7 Å². The van der Waals surface area contributed by atoms with Crippen molar-refractivity contribution in [2.45, 2.75) is 26.2 Å². The normalized spacial score (nSPS) is 15.2. The van der Waals surface area contributed by atoms with E-state index in [1.165, 1.54) is 25.5 Å². The van der Waals surface area contributed by atoms with Crippen LogP contribution in [0.5, 0.6) is 0 Å². The molecule has 0 bridgehead atoms. The Morgan fingerprint density at radius 2 is 2.33 bits per heavy atom. The number of rotatable bonds is 5. The maximum absolute atomic E-state index is 11.0. The molecule has 1 aliphatic rings. The predicted molar refractivity (Wildman–Crippen MR) is 68.3 cm³/mol. The minimum atomic E-state index is -0.460. The van der Waals surface area contributed by atoms with Gasteiger partial charge in [0.1, 0.15) is 6.20 Å². The predicted octanol–water partition coefficient (Wildman–Crippen LogP) is 1.59. The molecular formula is C11H17N5O2. The maximum Gasteiger partial charge on any atom is 0.329 e. The van der Waals surface area contributed by atoms with E-state index >= 15 is 0 Å². The van der Waals surface area contributed by atoms with Gasteiger partial charge in [-0.25, -0.2) is 4.98 Å². The van der Waals surface area contributed by atoms with Gasteiger partial charge < -0.3 is 10.6 Å². The lowest BCUT2D eigenvalue weighted by Gasteiger charge is -2.32. The van der Waals surface area contributed by atoms with E-state index in [1.807, 2.05) is 11.8 Å². The number of hydrogen-bond donors (Lipinski definition) is 1. The second kappa shape index (κ2) is 5.16. The third-order valence-electron chi connectivity index (χ3n) is 3.35. The van der Waals surface area contributed by atoms with Crippen LogP contribution in [-0.4, -0.2) is 28.0 Å². The fourth-order valence-electron chi connectivity index (χ4n) is 2.09. The first-order valence-corrected chi connectivity index (χ1v) is 6.13. The molecule has 1 fully saturated rings. The van der Waals surface area contributed by atoms with Gasteiger partial charge in [-0.2, -0.15) is 4.98 Å². The Bertz CT molecular complexity index is 447. The van der Waals surface area contributed by atoms with Crippen LogP contribution in [-0.2, 0) is 0 Å². The average molecular weight is 251 g/mol. The number of hydrogen-bond acceptors (Lipinski definition) is 6. The SMILES string of the molecule is CCN(CC1CCC1)c1nc(N)ncc1[N+](=O)[O-]. The molecule has 0 atom stereocenters. The molecule has 1 saturated carbocycles. The van der Waals surface area contributed by atoms with Crippen molar-refractivity contribution >= 4 is 17.5 Å². The molecule has 1 aliphatic carbocycles. The Morgan fingerprint density at radius 1 is 1.61 bits per heavy atom. The number of aromatic nitrogens is 2. The van der Waals surface area contributed by atoms with Crippen LogP contribution in [0.1, 0.15) is 26.2 Å². The summed E-state index contributed by atoms with van der Waals surface area (Å²) >= 11 is 0. The molecule has 1 heterocycles. The number of anilines is 2. The highest BCUT2D eigenvalue weighted by molar-refractivity contribution is 5.58. The number of nitrogens with zero attached hydrogens (tertiary/aromatic N) is 4. The Morgan fingerprint density at radius 3 is 2.83 bits per heavy atom. The lowest BCUT2D eigenvalue weighted by Crippen LogP contribution is -2.33. The molecule has 0 unspecified atom stereocenters. The smallest absolute Gasteiger partial charge is 0.329 e. The standard InChI is InChI=1S/C11H17N5O2/c1-2-15(7-8-4-3-5-8)10-9(16(17)18)6-13-11(12)14-10/h6,8H,2-5,7H2,1H3,(H2,12,13,14). The van der Waals surface area contributed by atoms with Gasteiger partial charge in [0.25, 0.3) is 0 Å². The van der Waals surface area contributed by atoms with Gasteiger partial charge in [-0.05, 0) is 25.7 Å². The highest BCUT2D eigenvalue weighted by Crippen LogP contribution is 2.31. The van der Waals surface area contributed by atoms with Gasteiger partial charge in [-0.1, -0.05) is 6.42 Å². The quantitative estimate of drug-likeness (QED) is 0.630. The maximum atomic E-state index is 11.0. The third-order valence-corrected chi connectivity index (χ3v) is 3.35. The van der Waals surface area contributed by atoms with Crippen LogP contribution >= 0.6 is 0 Å². The summed E-state index contributed by atoms with van der Waals surface area (Å²) in [7, 11) is 0. The fraction of sp³-hybridized carbons (Fsp3) is 0.636. The van der Waals surface area contributed by atoms with Crippen molar-refractivity contribution < 1.29 is 4.92 Å². The first kappa shape index (κ1) is 12.5. The van der Waals surface area contributed by atoms with Gasteiger partial charge in [0.15, 0.2) is 0 Å². The second-order valence-electron chi connectivity index (χ2n) is 4.53. The first-order valence-electron chi connectivity index (χ1n) is 6.13. The zero-order valence-electron chi connectivity index (χ0n) is 10.4. The van der Waals surface area contributed by atoms with Gasteiger partial charge in [0, 0.05) is 13.1 Å². The highest BCUT2D eigenvalue weighted by Gasteiger charge is 2.26. The molecule has 2 N–H and O–H groups in total. The zero-order chi connectivity index (χ0) is 13.1. The molecule has 98 valence electrons. The molecule has 7 nitrogen and oxygen atoms in total. The summed E-state index contributed by atoms with van der Waals surface area (Å²) in [5, 5.41) is 11.0. The number of nitro groups is 1. The molecule has 0 aliphatic heterocycles. The van der Waals surface area contributed by atoms with Crippen LogP contribution < -0.4 is 10.6 Å². The molecule has 7 heteroatoms. The van der Waals surface area contributed by atoms with Gasteiger partial charge >= 0.3 is 5.69 Å². The highest BCUT2D eigenvalue weighted by atomic mass is 16.6. The van der Waals surface area contributed by atoms with E-state index in [4.69, 9.17) is 5.73 Å². The summed E-state index contributed by atoms with van der Waals surface area (Å²) in [6.07, 6.45) is 4.80. The van der Waals surface area contributed by atoms with E-state index in [-0.39, 0.29) is 11.6 Å².